The number of hydrogen-bond acceptors (Lipinski definition) is 5. The van der Waals surface area contributed by atoms with Crippen LogP contribution in [0.1, 0.15) is 33.7 Å². The highest BCUT2D eigenvalue weighted by atomic mass is 19.1. The van der Waals surface area contributed by atoms with E-state index in [1.807, 2.05) is 32.9 Å². The van der Waals surface area contributed by atoms with Gasteiger partial charge in [0.25, 0.3) is 5.91 Å². The smallest absolute Gasteiger partial charge is 0.291 e. The van der Waals surface area contributed by atoms with Crippen molar-refractivity contribution in [2.45, 2.75) is 27.2 Å². The molecule has 33 heavy (non-hydrogen) atoms. The van der Waals surface area contributed by atoms with Gasteiger partial charge in [-0.1, -0.05) is 12.1 Å². The fourth-order valence-corrected chi connectivity index (χ4v) is 4.08. The molecule has 1 fully saturated rings. The molecule has 0 aliphatic carbocycles. The van der Waals surface area contributed by atoms with Crippen LogP contribution in [0.5, 0.6) is 0 Å². The summed E-state index contributed by atoms with van der Waals surface area (Å²) in [6.07, 6.45) is 0.243. The van der Waals surface area contributed by atoms with Gasteiger partial charge in [-0.2, -0.15) is 0 Å². The molecule has 0 bridgehead atoms. The number of nitrogens with one attached hydrogen (secondary N) is 2. The van der Waals surface area contributed by atoms with E-state index >= 15 is 0 Å². The molecule has 2 aromatic carbocycles. The molecule has 2 heterocycles. The highest BCUT2D eigenvalue weighted by Crippen LogP contribution is 2.31. The molecule has 4 rings (SSSR count). The van der Waals surface area contributed by atoms with Gasteiger partial charge >= 0.3 is 0 Å². The molecule has 1 aliphatic rings. The summed E-state index contributed by atoms with van der Waals surface area (Å²) in [5, 5.41) is 6.28. The first-order valence-corrected chi connectivity index (χ1v) is 11.0. The average molecular weight is 454 g/mol. The Morgan fingerprint density at radius 3 is 2.48 bits per heavy atom. The number of furan rings is 1. The number of nitrogens with zero attached hydrogens (tertiary/aromatic N) is 1. The lowest BCUT2D eigenvalue weighted by Gasteiger charge is -2.26. The van der Waals surface area contributed by atoms with Crippen molar-refractivity contribution >= 4 is 34.2 Å². The van der Waals surface area contributed by atoms with Crippen molar-refractivity contribution in [2.75, 3.05) is 43.5 Å². The number of amides is 2. The maximum absolute atomic E-state index is 14.3. The third-order valence-electron chi connectivity index (χ3n) is 5.95. The van der Waals surface area contributed by atoms with E-state index in [0.29, 0.717) is 31.0 Å². The van der Waals surface area contributed by atoms with Gasteiger partial charge in [-0.3, -0.25) is 14.5 Å². The molecule has 2 N–H and O–H groups in total. The molecule has 2 amide bonds. The van der Waals surface area contributed by atoms with E-state index < -0.39 is 11.7 Å². The third-order valence-corrected chi connectivity index (χ3v) is 5.95. The Labute approximate surface area is 191 Å². The predicted molar refractivity (Wildman–Crippen MR) is 125 cm³/mol. The van der Waals surface area contributed by atoms with Crippen molar-refractivity contribution in [1.82, 2.24) is 4.90 Å². The van der Waals surface area contributed by atoms with Crippen LogP contribution in [0.15, 0.2) is 34.7 Å². The lowest BCUT2D eigenvalue weighted by atomic mass is 10.0. The first-order chi connectivity index (χ1) is 15.8. The molecule has 0 saturated carbocycles. The Hall–Kier alpha value is -3.23. The number of anilines is 2. The van der Waals surface area contributed by atoms with Gasteiger partial charge in [0.15, 0.2) is 5.76 Å². The quantitative estimate of drug-likeness (QED) is 0.578. The minimum absolute atomic E-state index is 0.0211. The molecular formula is C25H28FN3O4. The van der Waals surface area contributed by atoms with E-state index in [1.165, 1.54) is 18.2 Å². The van der Waals surface area contributed by atoms with Crippen molar-refractivity contribution < 1.29 is 23.1 Å². The highest BCUT2D eigenvalue weighted by Gasteiger charge is 2.21. The summed E-state index contributed by atoms with van der Waals surface area (Å²) in [6, 6.07) is 8.03. The van der Waals surface area contributed by atoms with E-state index in [1.54, 1.807) is 0 Å². The molecule has 174 valence electrons. The number of hydrogen-bond donors (Lipinski definition) is 2. The summed E-state index contributed by atoms with van der Waals surface area (Å²) in [4.78, 5) is 27.4. The maximum atomic E-state index is 14.3. The number of rotatable bonds is 6. The normalized spacial score (nSPS) is 14.4. The average Bonchev–Trinajstić information content (AvgIpc) is 3.16. The van der Waals surface area contributed by atoms with E-state index in [0.717, 1.165) is 35.2 Å². The summed E-state index contributed by atoms with van der Waals surface area (Å²) in [5.41, 5.74) is 3.79. The SMILES string of the molecule is Cc1ccc(C)c2c(C)c(C(=O)Nc3ccc(F)c(NC(=O)CCN4CCOCC4)c3)oc12. The fourth-order valence-electron chi connectivity index (χ4n) is 4.08. The monoisotopic (exact) mass is 453 g/mol. The van der Waals surface area contributed by atoms with Gasteiger partial charge in [-0.15, -0.1) is 0 Å². The van der Waals surface area contributed by atoms with Crippen LogP contribution in [-0.2, 0) is 9.53 Å². The lowest BCUT2D eigenvalue weighted by Crippen LogP contribution is -2.38. The van der Waals surface area contributed by atoms with Gasteiger partial charge in [0.2, 0.25) is 5.91 Å². The zero-order valence-electron chi connectivity index (χ0n) is 19.1. The van der Waals surface area contributed by atoms with Crippen LogP contribution in [-0.4, -0.2) is 49.6 Å². The zero-order valence-corrected chi connectivity index (χ0v) is 19.1. The topological polar surface area (TPSA) is 83.8 Å². The molecule has 8 heteroatoms. The summed E-state index contributed by atoms with van der Waals surface area (Å²) >= 11 is 0. The summed E-state index contributed by atoms with van der Waals surface area (Å²) in [6.45, 7) is 9.20. The number of carbonyl (C=O) groups is 2. The van der Waals surface area contributed by atoms with Crippen molar-refractivity contribution in [1.29, 1.82) is 0 Å². The highest BCUT2D eigenvalue weighted by molar-refractivity contribution is 6.07. The number of benzene rings is 2. The summed E-state index contributed by atoms with van der Waals surface area (Å²) < 4.78 is 25.5. The van der Waals surface area contributed by atoms with Gasteiger partial charge in [-0.25, -0.2) is 4.39 Å². The number of aryl methyl sites for hydroxylation is 3. The molecule has 0 radical (unpaired) electrons. The Balaban J connectivity index is 1.45. The van der Waals surface area contributed by atoms with Crippen LogP contribution in [0.2, 0.25) is 0 Å². The molecule has 0 atom stereocenters. The number of carbonyl (C=O) groups excluding carboxylic acids is 2. The standard InChI is InChI=1S/C25H28FN3O4/c1-15-4-5-16(2)23-22(15)17(3)24(33-23)25(31)27-18-6-7-19(26)20(14-18)28-21(30)8-9-29-10-12-32-13-11-29/h4-7,14H,8-13H2,1-3H3,(H,27,31)(H,28,30). The minimum atomic E-state index is -0.570. The van der Waals surface area contributed by atoms with Crippen molar-refractivity contribution in [3.8, 4) is 0 Å². The number of morpholine rings is 1. The first-order valence-electron chi connectivity index (χ1n) is 11.0. The maximum Gasteiger partial charge on any atom is 0.291 e. The van der Waals surface area contributed by atoms with Crippen LogP contribution in [0.4, 0.5) is 15.8 Å². The van der Waals surface area contributed by atoms with Crippen molar-refractivity contribution in [3.05, 3.63) is 58.6 Å². The molecule has 3 aromatic rings. The minimum Gasteiger partial charge on any atom is -0.450 e. The van der Waals surface area contributed by atoms with Gasteiger partial charge in [0.05, 0.1) is 18.9 Å². The second-order valence-electron chi connectivity index (χ2n) is 8.36. The van der Waals surface area contributed by atoms with Crippen LogP contribution in [0, 0.1) is 26.6 Å². The molecular weight excluding hydrogens is 425 g/mol. The first kappa shape index (κ1) is 22.9. The van der Waals surface area contributed by atoms with Crippen LogP contribution >= 0.6 is 0 Å². The van der Waals surface area contributed by atoms with Gasteiger partial charge in [-0.05, 0) is 50.1 Å². The third kappa shape index (κ3) is 5.07. The fraction of sp³-hybridized carbons (Fsp3) is 0.360. The number of halogens is 1. The molecule has 0 spiro atoms. The summed E-state index contributed by atoms with van der Waals surface area (Å²) in [7, 11) is 0. The Bertz CT molecular complexity index is 1200. The van der Waals surface area contributed by atoms with E-state index in [-0.39, 0.29) is 23.8 Å². The van der Waals surface area contributed by atoms with Crippen molar-refractivity contribution in [3.63, 3.8) is 0 Å². The second kappa shape index (κ2) is 9.72. The van der Waals surface area contributed by atoms with Crippen LogP contribution < -0.4 is 10.6 Å². The van der Waals surface area contributed by atoms with Gasteiger partial charge < -0.3 is 19.8 Å². The molecule has 1 saturated heterocycles. The number of fused-ring (bicyclic) bond motifs is 1. The van der Waals surface area contributed by atoms with Gasteiger partial charge in [0.1, 0.15) is 11.4 Å². The van der Waals surface area contributed by atoms with E-state index in [2.05, 4.69) is 15.5 Å². The molecule has 0 unspecified atom stereocenters. The Morgan fingerprint density at radius 2 is 1.76 bits per heavy atom. The molecule has 1 aliphatic heterocycles. The largest absolute Gasteiger partial charge is 0.450 e. The predicted octanol–water partition coefficient (Wildman–Crippen LogP) is 4.41. The van der Waals surface area contributed by atoms with E-state index in [9.17, 15) is 14.0 Å². The van der Waals surface area contributed by atoms with Crippen LogP contribution in [0.25, 0.3) is 11.0 Å². The molecule has 1 aromatic heterocycles. The van der Waals surface area contributed by atoms with Crippen molar-refractivity contribution in [2.24, 2.45) is 0 Å². The zero-order chi connectivity index (χ0) is 23.5. The molecule has 7 nitrogen and oxygen atoms in total. The Kier molecular flexibility index (Phi) is 6.76. The van der Waals surface area contributed by atoms with Crippen LogP contribution in [0.3, 0.4) is 0 Å². The van der Waals surface area contributed by atoms with E-state index in [4.69, 9.17) is 9.15 Å². The number of ether oxygens (including phenoxy) is 1. The Morgan fingerprint density at radius 1 is 1.03 bits per heavy atom. The lowest BCUT2D eigenvalue weighted by molar-refractivity contribution is -0.116. The summed E-state index contributed by atoms with van der Waals surface area (Å²) in [5.74, 6) is -1.08. The van der Waals surface area contributed by atoms with Gasteiger partial charge in [0, 0.05) is 42.7 Å². The second-order valence-corrected chi connectivity index (χ2v) is 8.36.